The van der Waals surface area contributed by atoms with Crippen LogP contribution in [0, 0.1) is 5.92 Å². The number of likely N-dealkylation sites (N-methyl/N-ethyl adjacent to an activating group) is 1. The van der Waals surface area contributed by atoms with Crippen molar-refractivity contribution >= 4 is 35.8 Å². The van der Waals surface area contributed by atoms with Crippen LogP contribution in [0.25, 0.3) is 0 Å². The zero-order valence-corrected chi connectivity index (χ0v) is 21.1. The summed E-state index contributed by atoms with van der Waals surface area (Å²) in [7, 11) is 1.72. The number of aliphatic imine (C=N–C) groups is 1. The third-order valence-electron chi connectivity index (χ3n) is 4.92. The zero-order valence-electron chi connectivity index (χ0n) is 18.8. The van der Waals surface area contributed by atoms with Gasteiger partial charge in [-0.05, 0) is 18.4 Å². The fourth-order valence-electron chi connectivity index (χ4n) is 3.47. The molecule has 0 radical (unpaired) electrons. The number of amides is 1. The molecule has 1 amide bonds. The lowest BCUT2D eigenvalue weighted by molar-refractivity contribution is -0.130. The number of ether oxygens (including phenoxy) is 1. The second-order valence-corrected chi connectivity index (χ2v) is 7.85. The summed E-state index contributed by atoms with van der Waals surface area (Å²) in [6.45, 7) is 12.4. The number of carbonyl (C=O) groups is 1. The first-order valence-electron chi connectivity index (χ1n) is 10.6. The Balaban J connectivity index is 0.00000450. The molecule has 7 nitrogen and oxygen atoms in total. The highest BCUT2D eigenvalue weighted by Gasteiger charge is 2.21. The molecule has 8 heteroatoms. The molecule has 1 atom stereocenters. The van der Waals surface area contributed by atoms with E-state index in [-0.39, 0.29) is 42.5 Å². The Morgan fingerprint density at radius 2 is 2.03 bits per heavy atom. The minimum Gasteiger partial charge on any atom is -0.374 e. The average Bonchev–Trinajstić information content (AvgIpc) is 2.72. The molecule has 1 aromatic carbocycles. The van der Waals surface area contributed by atoms with E-state index in [0.717, 1.165) is 31.8 Å². The summed E-state index contributed by atoms with van der Waals surface area (Å²) in [6, 6.07) is 10.0. The van der Waals surface area contributed by atoms with E-state index in [0.29, 0.717) is 31.5 Å². The van der Waals surface area contributed by atoms with Gasteiger partial charge in [0.2, 0.25) is 5.91 Å². The summed E-state index contributed by atoms with van der Waals surface area (Å²) >= 11 is 0. The molecule has 0 aliphatic carbocycles. The lowest BCUT2D eigenvalue weighted by atomic mass is 10.2. The minimum absolute atomic E-state index is 0. The summed E-state index contributed by atoms with van der Waals surface area (Å²) < 4.78 is 5.87. The molecule has 1 aliphatic rings. The van der Waals surface area contributed by atoms with Crippen molar-refractivity contribution in [2.45, 2.75) is 33.4 Å². The van der Waals surface area contributed by atoms with E-state index in [9.17, 15) is 4.79 Å². The number of benzene rings is 1. The van der Waals surface area contributed by atoms with Gasteiger partial charge in [-0.3, -0.25) is 14.7 Å². The van der Waals surface area contributed by atoms with Crippen molar-refractivity contribution < 1.29 is 9.53 Å². The van der Waals surface area contributed by atoms with Crippen LogP contribution in [0.5, 0.6) is 0 Å². The number of halogens is 1. The van der Waals surface area contributed by atoms with Gasteiger partial charge in [0.15, 0.2) is 5.96 Å². The normalized spacial score (nSPS) is 17.4. The van der Waals surface area contributed by atoms with Crippen LogP contribution in [0.15, 0.2) is 35.3 Å². The molecule has 0 saturated carbocycles. The van der Waals surface area contributed by atoms with Crippen molar-refractivity contribution in [3.8, 4) is 0 Å². The SMILES string of the molecule is CCN(Cc1ccccc1)C(=O)CNC(=NC)NCC1CN(CC(C)C)CCO1.I. The molecule has 1 heterocycles. The molecule has 1 saturated heterocycles. The Kier molecular flexibility index (Phi) is 13.0. The smallest absolute Gasteiger partial charge is 0.242 e. The predicted molar refractivity (Wildman–Crippen MR) is 133 cm³/mol. The van der Waals surface area contributed by atoms with Crippen molar-refractivity contribution in [2.24, 2.45) is 10.9 Å². The Hall–Kier alpha value is -1.39. The summed E-state index contributed by atoms with van der Waals surface area (Å²) in [5.74, 6) is 1.33. The first-order chi connectivity index (χ1) is 14.0. The first kappa shape index (κ1) is 26.6. The van der Waals surface area contributed by atoms with Gasteiger partial charge < -0.3 is 20.3 Å². The molecule has 2 N–H and O–H groups in total. The fourth-order valence-corrected chi connectivity index (χ4v) is 3.47. The Bertz CT molecular complexity index is 642. The third kappa shape index (κ3) is 9.61. The third-order valence-corrected chi connectivity index (χ3v) is 4.92. The zero-order chi connectivity index (χ0) is 21.1. The number of morpholine rings is 1. The number of hydrogen-bond donors (Lipinski definition) is 2. The summed E-state index contributed by atoms with van der Waals surface area (Å²) in [4.78, 5) is 21.1. The van der Waals surface area contributed by atoms with Gasteiger partial charge in [0.05, 0.1) is 19.3 Å². The average molecular weight is 531 g/mol. The highest BCUT2D eigenvalue weighted by atomic mass is 127. The van der Waals surface area contributed by atoms with Crippen LogP contribution >= 0.6 is 24.0 Å². The minimum atomic E-state index is 0. The molecule has 0 bridgehead atoms. The molecule has 0 spiro atoms. The number of rotatable bonds is 9. The van der Waals surface area contributed by atoms with Crippen LogP contribution in [-0.4, -0.2) is 80.7 Å². The van der Waals surface area contributed by atoms with Crippen LogP contribution in [0.3, 0.4) is 0 Å². The van der Waals surface area contributed by atoms with Gasteiger partial charge in [-0.2, -0.15) is 0 Å². The van der Waals surface area contributed by atoms with Gasteiger partial charge in [-0.1, -0.05) is 44.2 Å². The van der Waals surface area contributed by atoms with E-state index in [1.165, 1.54) is 0 Å². The van der Waals surface area contributed by atoms with Gasteiger partial charge >= 0.3 is 0 Å². The Morgan fingerprint density at radius 1 is 1.30 bits per heavy atom. The molecular formula is C22H38IN5O2. The summed E-state index contributed by atoms with van der Waals surface area (Å²) in [5, 5.41) is 6.42. The molecule has 1 unspecified atom stereocenters. The van der Waals surface area contributed by atoms with E-state index in [4.69, 9.17) is 4.74 Å². The van der Waals surface area contributed by atoms with Gasteiger partial charge in [0, 0.05) is 46.3 Å². The highest BCUT2D eigenvalue weighted by molar-refractivity contribution is 14.0. The molecule has 0 aromatic heterocycles. The van der Waals surface area contributed by atoms with Crippen molar-refractivity contribution in [1.82, 2.24) is 20.4 Å². The number of nitrogens with one attached hydrogen (secondary N) is 2. The number of nitrogens with zero attached hydrogens (tertiary/aromatic N) is 3. The monoisotopic (exact) mass is 531 g/mol. The van der Waals surface area contributed by atoms with Gasteiger partial charge in [0.25, 0.3) is 0 Å². The molecule has 170 valence electrons. The fraction of sp³-hybridized carbons (Fsp3) is 0.636. The van der Waals surface area contributed by atoms with Crippen molar-refractivity contribution in [2.75, 3.05) is 52.9 Å². The number of hydrogen-bond acceptors (Lipinski definition) is 4. The van der Waals surface area contributed by atoms with Crippen molar-refractivity contribution in [1.29, 1.82) is 0 Å². The van der Waals surface area contributed by atoms with Gasteiger partial charge in [0.1, 0.15) is 0 Å². The second kappa shape index (κ2) is 14.6. The van der Waals surface area contributed by atoms with Gasteiger partial charge in [-0.25, -0.2) is 0 Å². The van der Waals surface area contributed by atoms with Crippen molar-refractivity contribution in [3.63, 3.8) is 0 Å². The molecular weight excluding hydrogens is 493 g/mol. The molecule has 30 heavy (non-hydrogen) atoms. The van der Waals surface area contributed by atoms with E-state index in [1.54, 1.807) is 7.05 Å². The lowest BCUT2D eigenvalue weighted by Crippen LogP contribution is -2.51. The highest BCUT2D eigenvalue weighted by Crippen LogP contribution is 2.07. The van der Waals surface area contributed by atoms with E-state index in [1.807, 2.05) is 42.2 Å². The van der Waals surface area contributed by atoms with Crippen molar-refractivity contribution in [3.05, 3.63) is 35.9 Å². The Labute approximate surface area is 198 Å². The number of guanidine groups is 1. The lowest BCUT2D eigenvalue weighted by Gasteiger charge is -2.34. The second-order valence-electron chi connectivity index (χ2n) is 7.85. The Morgan fingerprint density at radius 3 is 2.67 bits per heavy atom. The molecule has 1 aromatic rings. The first-order valence-corrected chi connectivity index (χ1v) is 10.6. The molecule has 1 aliphatic heterocycles. The van der Waals surface area contributed by atoms with Crippen LogP contribution in [-0.2, 0) is 16.1 Å². The summed E-state index contributed by atoms with van der Waals surface area (Å²) in [5.41, 5.74) is 1.13. The number of carbonyl (C=O) groups excluding carboxylic acids is 1. The predicted octanol–water partition coefficient (Wildman–Crippen LogP) is 2.17. The maximum absolute atomic E-state index is 12.6. The molecule has 2 rings (SSSR count). The van der Waals surface area contributed by atoms with Gasteiger partial charge in [-0.15, -0.1) is 24.0 Å². The van der Waals surface area contributed by atoms with E-state index < -0.39 is 0 Å². The maximum Gasteiger partial charge on any atom is 0.242 e. The van der Waals surface area contributed by atoms with Crippen LogP contribution in [0.4, 0.5) is 0 Å². The van der Waals surface area contributed by atoms with Crippen LogP contribution in [0.2, 0.25) is 0 Å². The quantitative estimate of drug-likeness (QED) is 0.291. The molecule has 1 fully saturated rings. The maximum atomic E-state index is 12.6. The van der Waals surface area contributed by atoms with Crippen LogP contribution in [0.1, 0.15) is 26.3 Å². The van der Waals surface area contributed by atoms with E-state index in [2.05, 4.69) is 34.4 Å². The van der Waals surface area contributed by atoms with E-state index >= 15 is 0 Å². The van der Waals surface area contributed by atoms with Crippen LogP contribution < -0.4 is 10.6 Å². The standard InChI is InChI=1S/C22H37N5O2.HI/c1-5-27(16-19-9-7-6-8-10-19)21(28)14-25-22(23-4)24-13-20-17-26(11-12-29-20)15-18(2)3;/h6-10,18,20H,5,11-17H2,1-4H3,(H2,23,24,25);1H. The summed E-state index contributed by atoms with van der Waals surface area (Å²) in [6.07, 6.45) is 0.127. The topological polar surface area (TPSA) is 69.2 Å². The largest absolute Gasteiger partial charge is 0.374 e.